The minimum Gasteiger partial charge on any atom is -0.468 e. The van der Waals surface area contributed by atoms with Gasteiger partial charge in [-0.2, -0.15) is 0 Å². The summed E-state index contributed by atoms with van der Waals surface area (Å²) in [5, 5.41) is 0. The van der Waals surface area contributed by atoms with Crippen LogP contribution in [0.1, 0.15) is 19.3 Å². The predicted octanol–water partition coefficient (Wildman–Crippen LogP) is 0.995. The van der Waals surface area contributed by atoms with Crippen molar-refractivity contribution in [3.8, 4) is 0 Å². The van der Waals surface area contributed by atoms with E-state index in [1.54, 1.807) is 0 Å². The first kappa shape index (κ1) is 10.5. The lowest BCUT2D eigenvalue weighted by Gasteiger charge is -2.29. The first-order valence-electron chi connectivity index (χ1n) is 5.47. The Labute approximate surface area is 88.9 Å². The van der Waals surface area contributed by atoms with Crippen molar-refractivity contribution >= 4 is 12.9 Å². The molecule has 0 aromatic rings. The second-order valence-electron chi connectivity index (χ2n) is 4.52. The maximum absolute atomic E-state index is 10.2. The van der Waals surface area contributed by atoms with Gasteiger partial charge >= 0.3 is 0 Å². The van der Waals surface area contributed by atoms with E-state index in [0.29, 0.717) is 49.8 Å². The van der Waals surface area contributed by atoms with E-state index in [-0.39, 0.29) is 0 Å². The molecule has 4 atom stereocenters. The highest BCUT2D eigenvalue weighted by atomic mass is 16.5. The molecule has 2 aliphatic rings. The maximum atomic E-state index is 10.2. The molecule has 0 saturated heterocycles. The summed E-state index contributed by atoms with van der Waals surface area (Å²) in [6.07, 6.45) is 3.67. The fourth-order valence-corrected chi connectivity index (χ4v) is 3.35. The first-order chi connectivity index (χ1) is 7.36. The van der Waals surface area contributed by atoms with Crippen LogP contribution in [0.5, 0.6) is 0 Å². The van der Waals surface area contributed by atoms with Crippen LogP contribution in [0.15, 0.2) is 0 Å². The molecule has 4 nitrogen and oxygen atoms in total. The topological polar surface area (TPSA) is 52.6 Å². The highest BCUT2D eigenvalue weighted by molar-refractivity contribution is 5.37. The molecule has 0 aliphatic heterocycles. The Morgan fingerprint density at radius 2 is 1.40 bits per heavy atom. The van der Waals surface area contributed by atoms with Gasteiger partial charge in [0.05, 0.1) is 13.2 Å². The Balaban J connectivity index is 1.92. The molecule has 4 heteroatoms. The molecule has 84 valence electrons. The Morgan fingerprint density at radius 3 is 1.80 bits per heavy atom. The molecule has 0 amide bonds. The van der Waals surface area contributed by atoms with E-state index >= 15 is 0 Å². The van der Waals surface area contributed by atoms with Crippen molar-refractivity contribution in [2.45, 2.75) is 19.3 Å². The molecule has 2 rings (SSSR count). The van der Waals surface area contributed by atoms with Gasteiger partial charge in [-0.3, -0.25) is 9.59 Å². The first-order valence-corrected chi connectivity index (χ1v) is 5.47. The van der Waals surface area contributed by atoms with Crippen molar-refractivity contribution in [1.82, 2.24) is 0 Å². The summed E-state index contributed by atoms with van der Waals surface area (Å²) >= 11 is 0. The summed E-state index contributed by atoms with van der Waals surface area (Å²) in [5.41, 5.74) is 0. The van der Waals surface area contributed by atoms with Gasteiger partial charge in [0, 0.05) is 11.8 Å². The Bertz CT molecular complexity index is 217. The molecule has 2 aliphatic carbocycles. The molecule has 0 N–H and O–H groups in total. The number of fused-ring (bicyclic) bond motifs is 2. The van der Waals surface area contributed by atoms with Crippen LogP contribution in [0.25, 0.3) is 0 Å². The summed E-state index contributed by atoms with van der Waals surface area (Å²) in [7, 11) is 0. The quantitative estimate of drug-likeness (QED) is 0.616. The van der Waals surface area contributed by atoms with E-state index in [4.69, 9.17) is 9.47 Å². The zero-order valence-corrected chi connectivity index (χ0v) is 8.63. The smallest absolute Gasteiger partial charge is 0.293 e. The summed E-state index contributed by atoms with van der Waals surface area (Å²) in [6, 6.07) is 0. The molecular formula is C11H16O4. The number of ether oxygens (including phenoxy) is 2. The van der Waals surface area contributed by atoms with Crippen LogP contribution in [-0.2, 0) is 19.1 Å². The normalized spacial score (nSPS) is 37.6. The van der Waals surface area contributed by atoms with Crippen molar-refractivity contribution in [3.05, 3.63) is 0 Å². The molecule has 15 heavy (non-hydrogen) atoms. The molecule has 0 aromatic carbocycles. The van der Waals surface area contributed by atoms with Gasteiger partial charge < -0.3 is 9.47 Å². The lowest BCUT2D eigenvalue weighted by Crippen LogP contribution is -2.29. The molecule has 0 radical (unpaired) electrons. The van der Waals surface area contributed by atoms with E-state index in [2.05, 4.69) is 0 Å². The van der Waals surface area contributed by atoms with Gasteiger partial charge in [-0.1, -0.05) is 0 Å². The molecule has 4 unspecified atom stereocenters. The Morgan fingerprint density at radius 1 is 0.933 bits per heavy atom. The van der Waals surface area contributed by atoms with Crippen molar-refractivity contribution in [2.24, 2.45) is 23.7 Å². The number of carbonyl (C=O) groups is 2. The average molecular weight is 212 g/mol. The highest BCUT2D eigenvalue weighted by Crippen LogP contribution is 2.52. The number of hydrogen-bond acceptors (Lipinski definition) is 4. The molecular weight excluding hydrogens is 196 g/mol. The summed E-state index contributed by atoms with van der Waals surface area (Å²) in [4.78, 5) is 20.4. The fraction of sp³-hybridized carbons (Fsp3) is 0.818. The van der Waals surface area contributed by atoms with Crippen molar-refractivity contribution < 1.29 is 19.1 Å². The fourth-order valence-electron chi connectivity index (χ4n) is 3.35. The third-order valence-corrected chi connectivity index (χ3v) is 3.99. The van der Waals surface area contributed by atoms with Crippen LogP contribution in [0, 0.1) is 23.7 Å². The second kappa shape index (κ2) is 4.64. The van der Waals surface area contributed by atoms with E-state index in [9.17, 15) is 9.59 Å². The van der Waals surface area contributed by atoms with Gasteiger partial charge in [-0.15, -0.1) is 0 Å². The van der Waals surface area contributed by atoms with E-state index < -0.39 is 0 Å². The van der Waals surface area contributed by atoms with E-state index in [0.717, 1.165) is 0 Å². The Hall–Kier alpha value is -1.06. The summed E-state index contributed by atoms with van der Waals surface area (Å²) in [6.45, 7) is 1.97. The molecule has 0 spiro atoms. The van der Waals surface area contributed by atoms with Crippen LogP contribution >= 0.6 is 0 Å². The summed E-state index contributed by atoms with van der Waals surface area (Å²) < 4.78 is 9.71. The third-order valence-electron chi connectivity index (χ3n) is 3.99. The zero-order chi connectivity index (χ0) is 10.7. The largest absolute Gasteiger partial charge is 0.468 e. The van der Waals surface area contributed by atoms with Crippen LogP contribution in [0.4, 0.5) is 0 Å². The van der Waals surface area contributed by atoms with E-state index in [1.165, 1.54) is 19.3 Å². The van der Waals surface area contributed by atoms with Crippen molar-refractivity contribution in [2.75, 3.05) is 13.2 Å². The predicted molar refractivity (Wildman–Crippen MR) is 51.8 cm³/mol. The van der Waals surface area contributed by atoms with Crippen molar-refractivity contribution in [1.29, 1.82) is 0 Å². The maximum Gasteiger partial charge on any atom is 0.293 e. The molecule has 0 heterocycles. The average Bonchev–Trinajstić information content (AvgIpc) is 2.83. The van der Waals surface area contributed by atoms with Crippen LogP contribution < -0.4 is 0 Å². The molecule has 2 bridgehead atoms. The second-order valence-corrected chi connectivity index (χ2v) is 4.52. The van der Waals surface area contributed by atoms with E-state index in [1.807, 2.05) is 0 Å². The monoisotopic (exact) mass is 212 g/mol. The van der Waals surface area contributed by atoms with Crippen LogP contribution in [0.3, 0.4) is 0 Å². The molecule has 2 saturated carbocycles. The Kier molecular flexibility index (Phi) is 3.23. The van der Waals surface area contributed by atoms with Gasteiger partial charge in [-0.05, 0) is 31.1 Å². The van der Waals surface area contributed by atoms with Gasteiger partial charge in [0.25, 0.3) is 12.9 Å². The van der Waals surface area contributed by atoms with Gasteiger partial charge in [0.15, 0.2) is 0 Å². The highest BCUT2D eigenvalue weighted by Gasteiger charge is 2.47. The standard InChI is InChI=1S/C11H16O4/c12-6-14-4-10-8-1-2-9(3-8)11(10)5-15-7-13/h6-11H,1-5H2. The van der Waals surface area contributed by atoms with Crippen LogP contribution in [-0.4, -0.2) is 26.2 Å². The molecule has 0 aromatic heterocycles. The lowest BCUT2D eigenvalue weighted by atomic mass is 9.80. The minimum absolute atomic E-state index is 0.397. The van der Waals surface area contributed by atoms with Crippen LogP contribution in [0.2, 0.25) is 0 Å². The SMILES string of the molecule is O=COCC1C2CCC(C2)C1COC=O. The number of hydrogen-bond donors (Lipinski definition) is 0. The zero-order valence-electron chi connectivity index (χ0n) is 8.63. The summed E-state index contributed by atoms with van der Waals surface area (Å²) in [5.74, 6) is 2.12. The molecule has 2 fully saturated rings. The lowest BCUT2D eigenvalue weighted by molar-refractivity contribution is -0.135. The number of carbonyl (C=O) groups excluding carboxylic acids is 2. The minimum atomic E-state index is 0.397. The number of rotatable bonds is 6. The van der Waals surface area contributed by atoms with Gasteiger partial charge in [0.1, 0.15) is 0 Å². The van der Waals surface area contributed by atoms with Crippen molar-refractivity contribution in [3.63, 3.8) is 0 Å². The van der Waals surface area contributed by atoms with Gasteiger partial charge in [0.2, 0.25) is 0 Å². The van der Waals surface area contributed by atoms with Gasteiger partial charge in [-0.25, -0.2) is 0 Å². The third kappa shape index (κ3) is 1.98.